The number of carbonyl (C=O) groups excluding carboxylic acids is 1. The quantitative estimate of drug-likeness (QED) is 0.589. The summed E-state index contributed by atoms with van der Waals surface area (Å²) in [6.07, 6.45) is 4.94. The van der Waals surface area contributed by atoms with E-state index in [1.54, 1.807) is 24.7 Å². The van der Waals surface area contributed by atoms with Crippen molar-refractivity contribution in [1.29, 1.82) is 0 Å². The van der Waals surface area contributed by atoms with Gasteiger partial charge in [-0.15, -0.1) is 0 Å². The lowest BCUT2D eigenvalue weighted by atomic mass is 10.1. The van der Waals surface area contributed by atoms with Crippen molar-refractivity contribution < 1.29 is 17.6 Å². The molecule has 0 bridgehead atoms. The molecule has 0 atom stereocenters. The molecule has 0 saturated carbocycles. The number of amides is 1. The Balaban J connectivity index is 1.54. The highest BCUT2D eigenvalue weighted by Crippen LogP contribution is 2.20. The summed E-state index contributed by atoms with van der Waals surface area (Å²) in [6, 6.07) is 12.0. The molecular weight excluding hydrogens is 395 g/mol. The summed E-state index contributed by atoms with van der Waals surface area (Å²) < 4.78 is 39.7. The maximum absolute atomic E-state index is 13.2. The molecule has 7 nitrogen and oxygen atoms in total. The Hall–Kier alpha value is -3.17. The number of hydrogen-bond acceptors (Lipinski definition) is 5. The minimum absolute atomic E-state index is 0.0562. The van der Waals surface area contributed by atoms with E-state index in [9.17, 15) is 17.6 Å². The summed E-state index contributed by atoms with van der Waals surface area (Å²) in [6.45, 7) is 0.149. The van der Waals surface area contributed by atoms with Crippen LogP contribution in [0.15, 0.2) is 72.0 Å². The van der Waals surface area contributed by atoms with Crippen LogP contribution in [0.2, 0.25) is 0 Å². The van der Waals surface area contributed by atoms with E-state index in [-0.39, 0.29) is 30.3 Å². The van der Waals surface area contributed by atoms with Gasteiger partial charge in [-0.05, 0) is 42.0 Å². The van der Waals surface area contributed by atoms with Gasteiger partial charge in [0.1, 0.15) is 5.82 Å². The molecule has 0 unspecified atom stereocenters. The van der Waals surface area contributed by atoms with Crippen LogP contribution in [0.1, 0.15) is 12.0 Å². The molecule has 0 spiro atoms. The number of halogens is 1. The molecule has 2 heterocycles. The van der Waals surface area contributed by atoms with Crippen molar-refractivity contribution in [3.05, 3.63) is 78.5 Å². The fraction of sp³-hybridized carbons (Fsp3) is 0.150. The van der Waals surface area contributed by atoms with Crippen molar-refractivity contribution in [2.45, 2.75) is 17.9 Å². The third-order valence-corrected chi connectivity index (χ3v) is 5.53. The van der Waals surface area contributed by atoms with E-state index in [0.717, 1.165) is 29.0 Å². The van der Waals surface area contributed by atoms with E-state index < -0.39 is 15.8 Å². The first-order chi connectivity index (χ1) is 14.0. The van der Waals surface area contributed by atoms with Gasteiger partial charge < -0.3 is 5.32 Å². The van der Waals surface area contributed by atoms with Crippen LogP contribution in [-0.2, 0) is 21.4 Å². The van der Waals surface area contributed by atoms with Gasteiger partial charge in [-0.3, -0.25) is 14.8 Å². The number of carbonyl (C=O) groups is 1. The second kappa shape index (κ2) is 9.35. The Kier molecular flexibility index (Phi) is 6.63. The number of aromatic nitrogens is 2. The molecule has 9 heteroatoms. The molecule has 0 aliphatic heterocycles. The van der Waals surface area contributed by atoms with Crippen LogP contribution in [0, 0.1) is 5.82 Å². The maximum atomic E-state index is 13.2. The van der Waals surface area contributed by atoms with Gasteiger partial charge >= 0.3 is 0 Å². The lowest BCUT2D eigenvalue weighted by Crippen LogP contribution is -2.30. The first-order valence-electron chi connectivity index (χ1n) is 8.82. The second-order valence-corrected chi connectivity index (χ2v) is 7.90. The Bertz CT molecular complexity index is 1090. The Morgan fingerprint density at radius 1 is 1.03 bits per heavy atom. The van der Waals surface area contributed by atoms with E-state index in [4.69, 9.17) is 0 Å². The predicted octanol–water partition coefficient (Wildman–Crippen LogP) is 2.27. The van der Waals surface area contributed by atoms with Crippen molar-refractivity contribution >= 4 is 15.9 Å². The molecule has 3 rings (SSSR count). The third-order valence-electron chi connectivity index (χ3n) is 4.07. The molecule has 1 aromatic carbocycles. The lowest BCUT2D eigenvalue weighted by molar-refractivity contribution is -0.121. The largest absolute Gasteiger partial charge is 0.352 e. The average Bonchev–Trinajstić information content (AvgIpc) is 2.73. The van der Waals surface area contributed by atoms with Crippen molar-refractivity contribution in [1.82, 2.24) is 20.0 Å². The minimum Gasteiger partial charge on any atom is -0.352 e. The number of benzene rings is 1. The number of nitrogens with one attached hydrogen (secondary N) is 2. The van der Waals surface area contributed by atoms with E-state index in [1.165, 1.54) is 12.1 Å². The molecule has 3 aromatic rings. The van der Waals surface area contributed by atoms with Gasteiger partial charge in [0.05, 0.1) is 10.6 Å². The number of sulfonamides is 1. The number of hydrogen-bond donors (Lipinski definition) is 2. The van der Waals surface area contributed by atoms with Crippen molar-refractivity contribution in [2.24, 2.45) is 0 Å². The zero-order valence-corrected chi connectivity index (χ0v) is 16.2. The highest BCUT2D eigenvalue weighted by molar-refractivity contribution is 7.89. The van der Waals surface area contributed by atoms with Crippen LogP contribution >= 0.6 is 0 Å². The third kappa shape index (κ3) is 5.66. The summed E-state index contributed by atoms with van der Waals surface area (Å²) >= 11 is 0. The first-order valence-corrected chi connectivity index (χ1v) is 10.3. The summed E-state index contributed by atoms with van der Waals surface area (Å²) in [5, 5.41) is 2.75. The van der Waals surface area contributed by atoms with Gasteiger partial charge in [-0.1, -0.05) is 12.1 Å². The fourth-order valence-corrected chi connectivity index (χ4v) is 3.71. The van der Waals surface area contributed by atoms with Crippen LogP contribution in [0.25, 0.3) is 11.3 Å². The van der Waals surface area contributed by atoms with Gasteiger partial charge in [0.15, 0.2) is 0 Å². The zero-order chi connectivity index (χ0) is 20.7. The van der Waals surface area contributed by atoms with Crippen LogP contribution < -0.4 is 10.0 Å². The molecule has 2 N–H and O–H groups in total. The van der Waals surface area contributed by atoms with Crippen LogP contribution in [0.3, 0.4) is 0 Å². The summed E-state index contributed by atoms with van der Waals surface area (Å²) in [5.74, 6) is -0.969. The van der Waals surface area contributed by atoms with Crippen molar-refractivity contribution in [3.8, 4) is 11.3 Å². The van der Waals surface area contributed by atoms with Gasteiger partial charge in [0, 0.05) is 43.7 Å². The SMILES string of the molecule is O=C(CCNS(=O)(=O)c1cccc(F)c1)NCc1cccnc1-c1ccncc1. The van der Waals surface area contributed by atoms with Crippen molar-refractivity contribution in [2.75, 3.05) is 6.54 Å². The molecule has 1 amide bonds. The normalized spacial score (nSPS) is 11.2. The summed E-state index contributed by atoms with van der Waals surface area (Å²) in [5.41, 5.74) is 2.45. The summed E-state index contributed by atoms with van der Waals surface area (Å²) in [7, 11) is -3.87. The maximum Gasteiger partial charge on any atom is 0.240 e. The Labute approximate surface area is 168 Å². The number of nitrogens with zero attached hydrogens (tertiary/aromatic N) is 2. The molecule has 29 heavy (non-hydrogen) atoms. The summed E-state index contributed by atoms with van der Waals surface area (Å²) in [4.78, 5) is 20.3. The number of rotatable bonds is 8. The first kappa shape index (κ1) is 20.6. The second-order valence-electron chi connectivity index (χ2n) is 6.13. The average molecular weight is 414 g/mol. The Morgan fingerprint density at radius 2 is 1.83 bits per heavy atom. The van der Waals surface area contributed by atoms with E-state index >= 15 is 0 Å². The monoisotopic (exact) mass is 414 g/mol. The van der Waals surface area contributed by atoms with E-state index in [0.29, 0.717) is 0 Å². The predicted molar refractivity (Wildman–Crippen MR) is 106 cm³/mol. The fourth-order valence-electron chi connectivity index (χ4n) is 2.65. The van der Waals surface area contributed by atoms with Gasteiger partial charge in [0.25, 0.3) is 0 Å². The van der Waals surface area contributed by atoms with Gasteiger partial charge in [0.2, 0.25) is 15.9 Å². The van der Waals surface area contributed by atoms with Crippen LogP contribution in [0.4, 0.5) is 4.39 Å². The molecule has 0 saturated heterocycles. The molecule has 0 fully saturated rings. The van der Waals surface area contributed by atoms with Crippen LogP contribution in [0.5, 0.6) is 0 Å². The molecule has 150 valence electrons. The highest BCUT2D eigenvalue weighted by atomic mass is 32.2. The van der Waals surface area contributed by atoms with Gasteiger partial charge in [-0.2, -0.15) is 0 Å². The molecule has 0 aliphatic carbocycles. The standard InChI is InChI=1S/C20H19FN4O3S/c21-17-4-1-5-18(13-17)29(27,28)25-12-8-19(26)24-14-16-3-2-9-23-20(16)15-6-10-22-11-7-15/h1-7,9-11,13,25H,8,12,14H2,(H,24,26). The minimum atomic E-state index is -3.87. The Morgan fingerprint density at radius 3 is 2.59 bits per heavy atom. The van der Waals surface area contributed by atoms with Crippen molar-refractivity contribution in [3.63, 3.8) is 0 Å². The van der Waals surface area contributed by atoms with E-state index in [2.05, 4.69) is 20.0 Å². The van der Waals surface area contributed by atoms with E-state index in [1.807, 2.05) is 18.2 Å². The smallest absolute Gasteiger partial charge is 0.240 e. The van der Waals surface area contributed by atoms with Gasteiger partial charge in [-0.25, -0.2) is 17.5 Å². The highest BCUT2D eigenvalue weighted by Gasteiger charge is 2.15. The topological polar surface area (TPSA) is 101 Å². The molecule has 2 aromatic heterocycles. The zero-order valence-electron chi connectivity index (χ0n) is 15.4. The molecule has 0 radical (unpaired) electrons. The van der Waals surface area contributed by atoms with Crippen LogP contribution in [-0.4, -0.2) is 30.8 Å². The lowest BCUT2D eigenvalue weighted by Gasteiger charge is -2.10. The molecular formula is C20H19FN4O3S. The molecule has 0 aliphatic rings. The number of pyridine rings is 2.